The summed E-state index contributed by atoms with van der Waals surface area (Å²) in [5.41, 5.74) is 0.942. The van der Waals surface area contributed by atoms with Gasteiger partial charge in [0.15, 0.2) is 0 Å². The van der Waals surface area contributed by atoms with Crippen molar-refractivity contribution in [1.29, 1.82) is 0 Å². The van der Waals surface area contributed by atoms with E-state index in [9.17, 15) is 9.59 Å². The van der Waals surface area contributed by atoms with E-state index in [1.807, 2.05) is 19.1 Å². The topological polar surface area (TPSA) is 58.6 Å². The molecule has 1 rings (SSSR count). The fourth-order valence-corrected chi connectivity index (χ4v) is 2.38. The molecule has 0 saturated heterocycles. The molecule has 0 bridgehead atoms. The molecule has 5 nitrogen and oxygen atoms in total. The molecule has 1 aromatic rings. The van der Waals surface area contributed by atoms with Crippen LogP contribution in [0.2, 0.25) is 5.02 Å². The summed E-state index contributed by atoms with van der Waals surface area (Å²) in [5, 5.41) is 3.51. The molecular formula is C18H27ClN2O3. The van der Waals surface area contributed by atoms with E-state index in [1.165, 1.54) is 0 Å². The predicted molar refractivity (Wildman–Crippen MR) is 95.9 cm³/mol. The van der Waals surface area contributed by atoms with E-state index in [1.54, 1.807) is 30.9 Å². The summed E-state index contributed by atoms with van der Waals surface area (Å²) >= 11 is 5.89. The average molecular weight is 355 g/mol. The van der Waals surface area contributed by atoms with Gasteiger partial charge in [-0.3, -0.25) is 9.59 Å². The van der Waals surface area contributed by atoms with Gasteiger partial charge in [-0.25, -0.2) is 0 Å². The normalized spacial score (nSPS) is 11.8. The molecule has 1 aromatic carbocycles. The number of amides is 2. The Morgan fingerprint density at radius 1 is 1.25 bits per heavy atom. The van der Waals surface area contributed by atoms with Crippen LogP contribution in [0.4, 0.5) is 0 Å². The first-order chi connectivity index (χ1) is 11.5. The van der Waals surface area contributed by atoms with Crippen LogP contribution in [0, 0.1) is 0 Å². The zero-order valence-electron chi connectivity index (χ0n) is 14.7. The van der Waals surface area contributed by atoms with Crippen LogP contribution >= 0.6 is 11.6 Å². The van der Waals surface area contributed by atoms with Crippen molar-refractivity contribution in [2.45, 2.75) is 46.2 Å². The molecule has 0 aromatic heterocycles. The van der Waals surface area contributed by atoms with Crippen LogP contribution in [0.1, 0.15) is 39.2 Å². The van der Waals surface area contributed by atoms with Gasteiger partial charge in [-0.2, -0.15) is 0 Å². The molecule has 0 spiro atoms. The van der Waals surface area contributed by atoms with E-state index in [0.717, 1.165) is 12.0 Å². The lowest BCUT2D eigenvalue weighted by Crippen LogP contribution is -2.47. The highest BCUT2D eigenvalue weighted by molar-refractivity contribution is 6.30. The predicted octanol–water partition coefficient (Wildman–Crippen LogP) is 3.01. The van der Waals surface area contributed by atoms with Crippen LogP contribution in [0.25, 0.3) is 0 Å². The standard InChI is InChI=1S/C18H27ClN2O3/c1-4-17(22)21(13-15-7-9-16(19)10-8-15)14(3)18(23)20-11-6-12-24-5-2/h7-10,14H,4-6,11-13H2,1-3H3,(H,20,23). The second kappa shape index (κ2) is 11.0. The molecule has 2 amide bonds. The third-order valence-corrected chi connectivity index (χ3v) is 3.96. The van der Waals surface area contributed by atoms with Crippen LogP contribution in [0.3, 0.4) is 0 Å². The monoisotopic (exact) mass is 354 g/mol. The quantitative estimate of drug-likeness (QED) is 0.657. The van der Waals surface area contributed by atoms with Gasteiger partial charge in [0.25, 0.3) is 0 Å². The van der Waals surface area contributed by atoms with Gasteiger partial charge in [-0.05, 0) is 38.0 Å². The molecule has 0 heterocycles. The first kappa shape index (κ1) is 20.5. The first-order valence-electron chi connectivity index (χ1n) is 8.38. The van der Waals surface area contributed by atoms with Gasteiger partial charge in [0, 0.05) is 37.7 Å². The van der Waals surface area contributed by atoms with E-state index in [2.05, 4.69) is 5.32 Å². The van der Waals surface area contributed by atoms with Crippen LogP contribution in [0.5, 0.6) is 0 Å². The summed E-state index contributed by atoms with van der Waals surface area (Å²) in [6.45, 7) is 7.70. The van der Waals surface area contributed by atoms with Crippen LogP contribution in [-0.2, 0) is 20.9 Å². The summed E-state index contributed by atoms with van der Waals surface area (Å²) in [6.07, 6.45) is 1.11. The molecule has 0 saturated carbocycles. The highest BCUT2D eigenvalue weighted by atomic mass is 35.5. The maximum absolute atomic E-state index is 12.3. The van der Waals surface area contributed by atoms with Crippen LogP contribution < -0.4 is 5.32 Å². The zero-order chi connectivity index (χ0) is 17.9. The summed E-state index contributed by atoms with van der Waals surface area (Å²) in [7, 11) is 0. The number of halogens is 1. The Labute approximate surface area is 149 Å². The molecule has 24 heavy (non-hydrogen) atoms. The summed E-state index contributed by atoms with van der Waals surface area (Å²) in [4.78, 5) is 26.2. The van der Waals surface area contributed by atoms with Gasteiger partial charge in [0.1, 0.15) is 6.04 Å². The number of carbonyl (C=O) groups excluding carboxylic acids is 2. The minimum Gasteiger partial charge on any atom is -0.382 e. The summed E-state index contributed by atoms with van der Waals surface area (Å²) in [5.74, 6) is -0.204. The largest absolute Gasteiger partial charge is 0.382 e. The molecule has 0 aliphatic carbocycles. The molecule has 0 aliphatic heterocycles. The molecule has 0 fully saturated rings. The first-order valence-corrected chi connectivity index (χ1v) is 8.76. The highest BCUT2D eigenvalue weighted by Crippen LogP contribution is 2.14. The molecule has 0 aliphatic rings. The Balaban J connectivity index is 2.63. The Kier molecular flexibility index (Phi) is 9.42. The van der Waals surface area contributed by atoms with Crippen LogP contribution in [-0.4, -0.2) is 42.5 Å². The van der Waals surface area contributed by atoms with Crippen molar-refractivity contribution in [3.05, 3.63) is 34.9 Å². The van der Waals surface area contributed by atoms with Gasteiger partial charge >= 0.3 is 0 Å². The van der Waals surface area contributed by atoms with Crippen molar-refractivity contribution in [3.8, 4) is 0 Å². The minimum absolute atomic E-state index is 0.0538. The minimum atomic E-state index is -0.528. The molecule has 1 atom stereocenters. The summed E-state index contributed by atoms with van der Waals surface area (Å²) in [6, 6.07) is 6.77. The third-order valence-electron chi connectivity index (χ3n) is 3.70. The van der Waals surface area contributed by atoms with Crippen molar-refractivity contribution >= 4 is 23.4 Å². The Hall–Kier alpha value is -1.59. The second-order valence-corrected chi connectivity index (χ2v) is 5.96. The number of nitrogens with one attached hydrogen (secondary N) is 1. The number of benzene rings is 1. The molecule has 1 unspecified atom stereocenters. The molecule has 1 N–H and O–H groups in total. The van der Waals surface area contributed by atoms with Gasteiger partial charge in [-0.1, -0.05) is 30.7 Å². The third kappa shape index (κ3) is 6.89. The van der Waals surface area contributed by atoms with Crippen molar-refractivity contribution in [1.82, 2.24) is 10.2 Å². The Morgan fingerprint density at radius 2 is 1.92 bits per heavy atom. The molecule has 6 heteroatoms. The molecular weight excluding hydrogens is 328 g/mol. The van der Waals surface area contributed by atoms with Crippen LogP contribution in [0.15, 0.2) is 24.3 Å². The van der Waals surface area contributed by atoms with E-state index >= 15 is 0 Å². The van der Waals surface area contributed by atoms with E-state index in [-0.39, 0.29) is 11.8 Å². The second-order valence-electron chi connectivity index (χ2n) is 5.52. The highest BCUT2D eigenvalue weighted by Gasteiger charge is 2.24. The number of ether oxygens (including phenoxy) is 1. The zero-order valence-corrected chi connectivity index (χ0v) is 15.4. The number of carbonyl (C=O) groups is 2. The lowest BCUT2D eigenvalue weighted by Gasteiger charge is -2.28. The Morgan fingerprint density at radius 3 is 2.50 bits per heavy atom. The van der Waals surface area contributed by atoms with Crippen molar-refractivity contribution < 1.29 is 14.3 Å². The van der Waals surface area contributed by atoms with Crippen molar-refractivity contribution in [2.24, 2.45) is 0 Å². The molecule has 134 valence electrons. The maximum atomic E-state index is 12.3. The van der Waals surface area contributed by atoms with Gasteiger partial charge in [0.2, 0.25) is 11.8 Å². The lowest BCUT2D eigenvalue weighted by molar-refractivity contribution is -0.140. The smallest absolute Gasteiger partial charge is 0.242 e. The lowest BCUT2D eigenvalue weighted by atomic mass is 10.1. The van der Waals surface area contributed by atoms with E-state index in [4.69, 9.17) is 16.3 Å². The van der Waals surface area contributed by atoms with Crippen molar-refractivity contribution in [2.75, 3.05) is 19.8 Å². The maximum Gasteiger partial charge on any atom is 0.242 e. The Bertz CT molecular complexity index is 520. The number of hydrogen-bond donors (Lipinski definition) is 1. The van der Waals surface area contributed by atoms with E-state index in [0.29, 0.717) is 37.7 Å². The summed E-state index contributed by atoms with van der Waals surface area (Å²) < 4.78 is 5.24. The number of nitrogens with zero attached hydrogens (tertiary/aromatic N) is 1. The number of hydrogen-bond acceptors (Lipinski definition) is 3. The number of rotatable bonds is 10. The van der Waals surface area contributed by atoms with Gasteiger partial charge < -0.3 is 15.0 Å². The average Bonchev–Trinajstić information content (AvgIpc) is 2.59. The van der Waals surface area contributed by atoms with Gasteiger partial charge in [-0.15, -0.1) is 0 Å². The molecule has 0 radical (unpaired) electrons. The van der Waals surface area contributed by atoms with E-state index < -0.39 is 6.04 Å². The van der Waals surface area contributed by atoms with Gasteiger partial charge in [0.05, 0.1) is 0 Å². The fraction of sp³-hybridized carbons (Fsp3) is 0.556. The SMILES string of the molecule is CCOCCCNC(=O)C(C)N(Cc1ccc(Cl)cc1)C(=O)CC. The van der Waals surface area contributed by atoms with Crippen molar-refractivity contribution in [3.63, 3.8) is 0 Å². The fourth-order valence-electron chi connectivity index (χ4n) is 2.25.